The molecule has 0 radical (unpaired) electrons. The Morgan fingerprint density at radius 3 is 2.47 bits per heavy atom. The maximum Gasteiger partial charge on any atom is 0.0728 e. The van der Waals surface area contributed by atoms with Gasteiger partial charge in [0.2, 0.25) is 0 Å². The van der Waals surface area contributed by atoms with Crippen LogP contribution < -0.4 is 0 Å². The first-order chi connectivity index (χ1) is 8.28. The average Bonchev–Trinajstić information content (AvgIpc) is 2.65. The van der Waals surface area contributed by atoms with Gasteiger partial charge in [-0.1, -0.05) is 60.8 Å². The van der Waals surface area contributed by atoms with Gasteiger partial charge in [-0.2, -0.15) is 0 Å². The van der Waals surface area contributed by atoms with Crippen molar-refractivity contribution in [2.75, 3.05) is 0 Å². The Bertz CT molecular complexity index is 239. The summed E-state index contributed by atoms with van der Waals surface area (Å²) in [7, 11) is 0. The van der Waals surface area contributed by atoms with Gasteiger partial charge in [0, 0.05) is 0 Å². The predicted molar refractivity (Wildman–Crippen MR) is 81.2 cm³/mol. The van der Waals surface area contributed by atoms with E-state index in [2.05, 4.69) is 22.6 Å². The molecule has 0 aromatic carbocycles. The third-order valence-electron chi connectivity index (χ3n) is 4.64. The molecule has 0 aliphatic heterocycles. The van der Waals surface area contributed by atoms with Crippen molar-refractivity contribution in [3.8, 4) is 0 Å². The second-order valence-corrected chi connectivity index (χ2v) is 6.77. The summed E-state index contributed by atoms with van der Waals surface area (Å²) in [4.78, 5) is 0. The highest BCUT2D eigenvalue weighted by molar-refractivity contribution is 14.1. The molecule has 2 aliphatic carbocycles. The molecule has 0 aromatic heterocycles. The van der Waals surface area contributed by atoms with Crippen molar-refractivity contribution < 1.29 is 5.11 Å². The van der Waals surface area contributed by atoms with Crippen LogP contribution in [0.4, 0.5) is 0 Å². The van der Waals surface area contributed by atoms with E-state index >= 15 is 0 Å². The van der Waals surface area contributed by atoms with Crippen LogP contribution >= 0.6 is 22.6 Å². The number of hydrogen-bond donors (Lipinski definition) is 1. The topological polar surface area (TPSA) is 20.2 Å². The van der Waals surface area contributed by atoms with Crippen LogP contribution in [0.25, 0.3) is 0 Å². The second kappa shape index (κ2) is 7.13. The van der Waals surface area contributed by atoms with E-state index in [9.17, 15) is 5.11 Å². The fraction of sp³-hybridized carbons (Fsp3) is 0.867. The molecule has 1 N–H and O–H groups in total. The molecule has 0 amide bonds. The zero-order chi connectivity index (χ0) is 12.1. The summed E-state index contributed by atoms with van der Waals surface area (Å²) >= 11 is 2.17. The van der Waals surface area contributed by atoms with Crippen LogP contribution in [-0.2, 0) is 0 Å². The van der Waals surface area contributed by atoms with Crippen molar-refractivity contribution >= 4 is 22.6 Å². The Morgan fingerprint density at radius 1 is 1.12 bits per heavy atom. The minimum Gasteiger partial charge on any atom is -0.389 e. The fourth-order valence-corrected chi connectivity index (χ4v) is 4.33. The van der Waals surface area contributed by atoms with E-state index < -0.39 is 0 Å². The van der Waals surface area contributed by atoms with Gasteiger partial charge < -0.3 is 5.11 Å². The van der Waals surface area contributed by atoms with E-state index in [0.29, 0.717) is 0 Å². The number of aliphatic hydroxyl groups is 1. The first kappa shape index (κ1) is 13.9. The molecule has 0 saturated heterocycles. The van der Waals surface area contributed by atoms with Crippen LogP contribution in [0.5, 0.6) is 0 Å². The maximum atomic E-state index is 9.59. The Balaban J connectivity index is 1.56. The molecule has 2 aliphatic rings. The molecule has 2 rings (SSSR count). The highest BCUT2D eigenvalue weighted by Gasteiger charge is 2.33. The summed E-state index contributed by atoms with van der Waals surface area (Å²) < 4.78 is 1.92. The minimum atomic E-state index is -0.213. The molecule has 0 heterocycles. The number of unbranched alkanes of at least 4 members (excludes halogenated alkanes) is 1. The van der Waals surface area contributed by atoms with Gasteiger partial charge in [-0.15, -0.1) is 0 Å². The largest absolute Gasteiger partial charge is 0.389 e. The van der Waals surface area contributed by atoms with Crippen molar-refractivity contribution in [1.82, 2.24) is 0 Å². The normalized spacial score (nSPS) is 34.4. The van der Waals surface area contributed by atoms with E-state index in [1.54, 1.807) is 0 Å². The molecule has 2 bridgehead atoms. The van der Waals surface area contributed by atoms with Gasteiger partial charge in [0.25, 0.3) is 0 Å². The number of rotatable bonds is 6. The summed E-state index contributed by atoms with van der Waals surface area (Å²) in [6, 6.07) is 0. The molecule has 0 spiro atoms. The van der Waals surface area contributed by atoms with Gasteiger partial charge in [0.15, 0.2) is 0 Å². The monoisotopic (exact) mass is 348 g/mol. The molecule has 2 heteroatoms. The number of halogens is 1. The zero-order valence-electron chi connectivity index (χ0n) is 10.7. The highest BCUT2D eigenvalue weighted by Crippen LogP contribution is 2.45. The third kappa shape index (κ3) is 4.55. The molecule has 2 fully saturated rings. The molecule has 2 saturated carbocycles. The lowest BCUT2D eigenvalue weighted by Crippen LogP contribution is -2.15. The van der Waals surface area contributed by atoms with Crippen LogP contribution in [0.15, 0.2) is 10.2 Å². The van der Waals surface area contributed by atoms with Gasteiger partial charge in [-0.3, -0.25) is 0 Å². The summed E-state index contributed by atoms with van der Waals surface area (Å²) in [6.07, 6.45) is 14.1. The molecular weight excluding hydrogens is 323 g/mol. The lowest BCUT2D eigenvalue weighted by molar-refractivity contribution is 0.202. The van der Waals surface area contributed by atoms with E-state index in [0.717, 1.165) is 24.2 Å². The zero-order valence-corrected chi connectivity index (χ0v) is 12.8. The number of hydrogen-bond acceptors (Lipinski definition) is 1. The fourth-order valence-electron chi connectivity index (χ4n) is 3.85. The first-order valence-electron chi connectivity index (χ1n) is 7.23. The molecule has 98 valence electrons. The van der Waals surface area contributed by atoms with Crippen molar-refractivity contribution in [3.05, 3.63) is 10.2 Å². The van der Waals surface area contributed by atoms with Gasteiger partial charge in [-0.05, 0) is 47.5 Å². The quantitative estimate of drug-likeness (QED) is 0.546. The molecule has 17 heavy (non-hydrogen) atoms. The van der Waals surface area contributed by atoms with Gasteiger partial charge in [0.05, 0.1) is 6.10 Å². The molecule has 3 atom stereocenters. The van der Waals surface area contributed by atoms with Crippen molar-refractivity contribution in [2.24, 2.45) is 17.8 Å². The van der Waals surface area contributed by atoms with E-state index in [1.165, 1.54) is 51.4 Å². The summed E-state index contributed by atoms with van der Waals surface area (Å²) in [5.74, 6) is 3.16. The standard InChI is InChI=1S/C15H25IO/c16-8-7-15(17)4-2-1-3-12-9-13-5-6-14(10-12)11-13/h7-8,12-15,17H,1-6,9-11H2/b8-7+. The van der Waals surface area contributed by atoms with Crippen molar-refractivity contribution in [3.63, 3.8) is 0 Å². The minimum absolute atomic E-state index is 0.213. The Kier molecular flexibility index (Phi) is 5.81. The summed E-state index contributed by atoms with van der Waals surface area (Å²) in [5, 5.41) is 9.59. The van der Waals surface area contributed by atoms with Crippen LogP contribution in [0.1, 0.15) is 57.8 Å². The lowest BCUT2D eigenvalue weighted by Gasteiger charge is -2.27. The smallest absolute Gasteiger partial charge is 0.0728 e. The maximum absolute atomic E-state index is 9.59. The van der Waals surface area contributed by atoms with Gasteiger partial charge in [-0.25, -0.2) is 0 Å². The van der Waals surface area contributed by atoms with Gasteiger partial charge >= 0.3 is 0 Å². The highest BCUT2D eigenvalue weighted by atomic mass is 127. The first-order valence-corrected chi connectivity index (χ1v) is 8.47. The third-order valence-corrected chi connectivity index (χ3v) is 5.06. The van der Waals surface area contributed by atoms with Crippen molar-refractivity contribution in [2.45, 2.75) is 63.9 Å². The number of aliphatic hydroxyl groups excluding tert-OH is 1. The van der Waals surface area contributed by atoms with Crippen LogP contribution in [0, 0.1) is 17.8 Å². The SMILES string of the molecule is OC(/C=C/I)CCCCC1CC2CCC(C1)C2. The molecular formula is C15H25IO. The Morgan fingerprint density at radius 2 is 1.82 bits per heavy atom. The van der Waals surface area contributed by atoms with E-state index in [1.807, 2.05) is 10.2 Å². The Labute approximate surface area is 119 Å². The summed E-state index contributed by atoms with van der Waals surface area (Å²) in [6.45, 7) is 0. The summed E-state index contributed by atoms with van der Waals surface area (Å²) in [5.41, 5.74) is 0. The van der Waals surface area contributed by atoms with E-state index in [-0.39, 0.29) is 6.10 Å². The second-order valence-electron chi connectivity index (χ2n) is 6.05. The Hall–Kier alpha value is 0.430. The predicted octanol–water partition coefficient (Wildman–Crippen LogP) is 4.68. The van der Waals surface area contributed by atoms with Crippen LogP contribution in [-0.4, -0.2) is 11.2 Å². The molecule has 3 unspecified atom stereocenters. The van der Waals surface area contributed by atoms with Crippen molar-refractivity contribution in [1.29, 1.82) is 0 Å². The van der Waals surface area contributed by atoms with Crippen LogP contribution in [0.2, 0.25) is 0 Å². The van der Waals surface area contributed by atoms with Crippen LogP contribution in [0.3, 0.4) is 0 Å². The van der Waals surface area contributed by atoms with E-state index in [4.69, 9.17) is 0 Å². The lowest BCUT2D eigenvalue weighted by atomic mass is 9.78. The number of fused-ring (bicyclic) bond motifs is 2. The molecule has 1 nitrogen and oxygen atoms in total. The average molecular weight is 348 g/mol. The molecule has 0 aromatic rings. The van der Waals surface area contributed by atoms with Gasteiger partial charge in [0.1, 0.15) is 0 Å².